The summed E-state index contributed by atoms with van der Waals surface area (Å²) in [5, 5.41) is 4.90. The number of hydrogen-bond donors (Lipinski definition) is 0. The third kappa shape index (κ3) is 4.37. The first-order chi connectivity index (χ1) is 22.2. The lowest BCUT2D eigenvalue weighted by atomic mass is 10.0. The van der Waals surface area contributed by atoms with Gasteiger partial charge in [0.05, 0.1) is 27.8 Å². The van der Waals surface area contributed by atoms with Crippen molar-refractivity contribution >= 4 is 49.3 Å². The van der Waals surface area contributed by atoms with Gasteiger partial charge < -0.3 is 9.13 Å². The van der Waals surface area contributed by atoms with Gasteiger partial charge in [-0.1, -0.05) is 103 Å². The van der Waals surface area contributed by atoms with E-state index in [0.717, 1.165) is 22.4 Å². The molecular formula is C43H30N2. The van der Waals surface area contributed by atoms with Crippen molar-refractivity contribution in [2.45, 2.75) is 6.92 Å². The van der Waals surface area contributed by atoms with Gasteiger partial charge in [-0.3, -0.25) is 0 Å². The van der Waals surface area contributed by atoms with Crippen LogP contribution in [0.15, 0.2) is 158 Å². The number of aromatic nitrogens is 2. The lowest BCUT2D eigenvalue weighted by Gasteiger charge is -2.10. The molecular weight excluding hydrogens is 544 g/mol. The second-order valence-corrected chi connectivity index (χ2v) is 11.3. The number of allylic oxidation sites excluding steroid dienone is 4. The van der Waals surface area contributed by atoms with Crippen molar-refractivity contribution in [3.63, 3.8) is 0 Å². The molecule has 0 N–H and O–H groups in total. The quantitative estimate of drug-likeness (QED) is 0.143. The third-order valence-electron chi connectivity index (χ3n) is 8.74. The zero-order valence-corrected chi connectivity index (χ0v) is 25.0. The van der Waals surface area contributed by atoms with E-state index in [1.165, 1.54) is 54.8 Å². The summed E-state index contributed by atoms with van der Waals surface area (Å²) in [5.41, 5.74) is 11.6. The lowest BCUT2D eigenvalue weighted by Crippen LogP contribution is -1.94. The van der Waals surface area contributed by atoms with Crippen LogP contribution in [0.2, 0.25) is 0 Å². The molecule has 0 unspecified atom stereocenters. The smallest absolute Gasteiger partial charge is 0.0542 e. The third-order valence-corrected chi connectivity index (χ3v) is 8.74. The largest absolute Gasteiger partial charge is 0.309 e. The first kappa shape index (κ1) is 26.6. The van der Waals surface area contributed by atoms with Crippen LogP contribution in [-0.4, -0.2) is 9.13 Å². The van der Waals surface area contributed by atoms with E-state index in [9.17, 15) is 0 Å². The number of fused-ring (bicyclic) bond motifs is 6. The van der Waals surface area contributed by atoms with Crippen molar-refractivity contribution < 1.29 is 0 Å². The Hall–Kier alpha value is -6.04. The molecule has 0 aliphatic rings. The highest BCUT2D eigenvalue weighted by Gasteiger charge is 2.16. The number of rotatable bonds is 5. The van der Waals surface area contributed by atoms with Gasteiger partial charge in [0.15, 0.2) is 0 Å². The molecule has 0 radical (unpaired) electrons. The van der Waals surface area contributed by atoms with Gasteiger partial charge in [-0.15, -0.1) is 6.42 Å². The van der Waals surface area contributed by atoms with Crippen molar-refractivity contribution in [3.8, 4) is 40.3 Å². The van der Waals surface area contributed by atoms with Crippen LogP contribution in [-0.2, 0) is 0 Å². The van der Waals surface area contributed by atoms with Gasteiger partial charge in [-0.05, 0) is 83.8 Å². The molecule has 2 heterocycles. The van der Waals surface area contributed by atoms with E-state index in [0.29, 0.717) is 0 Å². The van der Waals surface area contributed by atoms with E-state index < -0.39 is 0 Å². The van der Waals surface area contributed by atoms with E-state index in [1.807, 2.05) is 19.1 Å². The fourth-order valence-electron chi connectivity index (χ4n) is 6.74. The van der Waals surface area contributed by atoms with Crippen molar-refractivity contribution in [1.82, 2.24) is 9.13 Å². The molecule has 8 aromatic rings. The molecule has 8 rings (SSSR count). The maximum absolute atomic E-state index is 5.73. The first-order valence-corrected chi connectivity index (χ1v) is 15.3. The Kier molecular flexibility index (Phi) is 6.44. The van der Waals surface area contributed by atoms with Crippen LogP contribution in [0, 0.1) is 12.3 Å². The molecule has 0 aliphatic carbocycles. The predicted octanol–water partition coefficient (Wildman–Crippen LogP) is 11.3. The molecule has 2 aromatic heterocycles. The lowest BCUT2D eigenvalue weighted by molar-refractivity contribution is 1.18. The minimum atomic E-state index is 0.977. The number of para-hydroxylation sites is 2. The van der Waals surface area contributed by atoms with E-state index in [2.05, 4.69) is 161 Å². The molecule has 2 heteroatoms. The summed E-state index contributed by atoms with van der Waals surface area (Å²) in [6, 6.07) is 50.3. The molecule has 212 valence electrons. The fourth-order valence-corrected chi connectivity index (χ4v) is 6.74. The van der Waals surface area contributed by atoms with E-state index >= 15 is 0 Å². The molecule has 45 heavy (non-hydrogen) atoms. The Bertz CT molecular complexity index is 2480. The normalized spacial score (nSPS) is 12.1. The molecule has 0 saturated heterocycles. The first-order valence-electron chi connectivity index (χ1n) is 15.3. The van der Waals surface area contributed by atoms with E-state index in [4.69, 9.17) is 6.42 Å². The second-order valence-electron chi connectivity index (χ2n) is 11.3. The summed E-state index contributed by atoms with van der Waals surface area (Å²) < 4.78 is 4.63. The topological polar surface area (TPSA) is 9.86 Å². The average Bonchev–Trinajstić information content (AvgIpc) is 3.61. The Balaban J connectivity index is 1.28. The SMILES string of the molecule is C#C/C=C(\C=C/C)n1c2ccccc2c2cc(-c3ccc4c(c3)c3ccccc3n4-c3ccc(-c4ccccc4)cc3)ccc21. The average molecular weight is 575 g/mol. The van der Waals surface area contributed by atoms with Gasteiger partial charge in [0, 0.05) is 33.3 Å². The van der Waals surface area contributed by atoms with Crippen LogP contribution in [0.1, 0.15) is 6.92 Å². The summed E-state index contributed by atoms with van der Waals surface area (Å²) in [6.45, 7) is 2.02. The zero-order chi connectivity index (χ0) is 30.3. The number of hydrogen-bond acceptors (Lipinski definition) is 0. The van der Waals surface area contributed by atoms with E-state index in [1.54, 1.807) is 0 Å². The Labute approximate surface area is 262 Å². The van der Waals surface area contributed by atoms with Crippen LogP contribution in [0.4, 0.5) is 0 Å². The van der Waals surface area contributed by atoms with Gasteiger partial charge in [-0.25, -0.2) is 0 Å². The summed E-state index contributed by atoms with van der Waals surface area (Å²) in [4.78, 5) is 0. The standard InChI is InChI=1S/C43H30N2/c1-3-12-34(13-4-2)44-40-18-10-8-16-36(40)38-28-32(22-26-42(38)44)33-23-27-43-39(29-33)37-17-9-11-19-41(37)45(43)35-24-20-31(21-25-35)30-14-6-5-7-15-30/h1,4-29H,2H3/b13-4-,34-12+. The highest BCUT2D eigenvalue weighted by molar-refractivity contribution is 6.13. The van der Waals surface area contributed by atoms with Gasteiger partial charge in [-0.2, -0.15) is 0 Å². The Morgan fingerprint density at radius 1 is 0.533 bits per heavy atom. The minimum Gasteiger partial charge on any atom is -0.309 e. The highest BCUT2D eigenvalue weighted by Crippen LogP contribution is 2.38. The highest BCUT2D eigenvalue weighted by atomic mass is 15.0. The number of nitrogens with zero attached hydrogens (tertiary/aromatic N) is 2. The molecule has 0 saturated carbocycles. The van der Waals surface area contributed by atoms with Crippen molar-refractivity contribution in [2.24, 2.45) is 0 Å². The van der Waals surface area contributed by atoms with Crippen molar-refractivity contribution in [3.05, 3.63) is 158 Å². The van der Waals surface area contributed by atoms with Crippen LogP contribution in [0.5, 0.6) is 0 Å². The minimum absolute atomic E-state index is 0.977. The second kappa shape index (κ2) is 10.9. The summed E-state index contributed by atoms with van der Waals surface area (Å²) in [7, 11) is 0. The fraction of sp³-hybridized carbons (Fsp3) is 0.0233. The molecule has 0 spiro atoms. The maximum atomic E-state index is 5.73. The van der Waals surface area contributed by atoms with Crippen LogP contribution in [0.25, 0.3) is 77.2 Å². The van der Waals surface area contributed by atoms with E-state index in [-0.39, 0.29) is 0 Å². The van der Waals surface area contributed by atoms with Gasteiger partial charge in [0.2, 0.25) is 0 Å². The van der Waals surface area contributed by atoms with Crippen LogP contribution >= 0.6 is 0 Å². The zero-order valence-electron chi connectivity index (χ0n) is 25.0. The number of terminal acetylenes is 1. The molecule has 2 nitrogen and oxygen atoms in total. The molecule has 6 aromatic carbocycles. The summed E-state index contributed by atoms with van der Waals surface area (Å²) >= 11 is 0. The predicted molar refractivity (Wildman–Crippen MR) is 193 cm³/mol. The van der Waals surface area contributed by atoms with Gasteiger partial charge >= 0.3 is 0 Å². The molecule has 0 bridgehead atoms. The molecule has 0 aliphatic heterocycles. The van der Waals surface area contributed by atoms with Crippen LogP contribution < -0.4 is 0 Å². The molecule has 0 amide bonds. The Morgan fingerprint density at radius 3 is 1.73 bits per heavy atom. The van der Waals surface area contributed by atoms with Crippen molar-refractivity contribution in [1.29, 1.82) is 0 Å². The van der Waals surface area contributed by atoms with Gasteiger partial charge in [0.1, 0.15) is 0 Å². The van der Waals surface area contributed by atoms with Crippen LogP contribution in [0.3, 0.4) is 0 Å². The van der Waals surface area contributed by atoms with Gasteiger partial charge in [0.25, 0.3) is 0 Å². The Morgan fingerprint density at radius 2 is 1.04 bits per heavy atom. The summed E-state index contributed by atoms with van der Waals surface area (Å²) in [6.07, 6.45) is 11.7. The maximum Gasteiger partial charge on any atom is 0.0542 e. The summed E-state index contributed by atoms with van der Waals surface area (Å²) in [5.74, 6) is 2.73. The molecule has 0 atom stereocenters. The van der Waals surface area contributed by atoms with Crippen molar-refractivity contribution in [2.75, 3.05) is 0 Å². The molecule has 0 fully saturated rings. The number of benzene rings is 6. The monoisotopic (exact) mass is 574 g/mol.